The van der Waals surface area contributed by atoms with Gasteiger partial charge in [0.25, 0.3) is 5.91 Å². The van der Waals surface area contributed by atoms with E-state index in [4.69, 9.17) is 0 Å². The van der Waals surface area contributed by atoms with E-state index in [2.05, 4.69) is 31.2 Å². The highest BCUT2D eigenvalue weighted by Crippen LogP contribution is 2.35. The van der Waals surface area contributed by atoms with Crippen LogP contribution in [-0.4, -0.2) is 24.6 Å². The number of carbonyl (C=O) groups excluding carboxylic acids is 1. The van der Waals surface area contributed by atoms with Gasteiger partial charge in [-0.05, 0) is 55.0 Å². The molecule has 0 aliphatic carbocycles. The number of hydrogen-bond acceptors (Lipinski definition) is 5. The first-order chi connectivity index (χ1) is 15.8. The van der Waals surface area contributed by atoms with Gasteiger partial charge in [-0.15, -0.1) is 0 Å². The van der Waals surface area contributed by atoms with Crippen molar-refractivity contribution in [2.45, 2.75) is 13.0 Å². The zero-order valence-corrected chi connectivity index (χ0v) is 19.6. The number of fused-ring (bicyclic) bond motifs is 1. The number of nitrogens with one attached hydrogen (secondary N) is 1. The normalized spacial score (nSPS) is 12.8. The van der Waals surface area contributed by atoms with Crippen LogP contribution in [-0.2, 0) is 11.3 Å². The van der Waals surface area contributed by atoms with Gasteiger partial charge in [-0.2, -0.15) is 0 Å². The summed E-state index contributed by atoms with van der Waals surface area (Å²) in [5.74, 6) is -0.865. The van der Waals surface area contributed by atoms with Crippen LogP contribution in [0, 0.1) is 5.82 Å². The fraction of sp³-hybridized carbons (Fsp3) is 0.0870. The van der Waals surface area contributed by atoms with Crippen molar-refractivity contribution in [2.24, 2.45) is 0 Å². The van der Waals surface area contributed by atoms with Crippen molar-refractivity contribution < 1.29 is 17.9 Å². The second-order valence-electron chi connectivity index (χ2n) is 7.12. The lowest BCUT2D eigenvalue weighted by atomic mass is 10.1. The van der Waals surface area contributed by atoms with E-state index in [9.17, 15) is 17.9 Å². The maximum absolute atomic E-state index is 13.2. The number of para-hydroxylation sites is 1. The Morgan fingerprint density at radius 2 is 1.82 bits per heavy atom. The van der Waals surface area contributed by atoms with Crippen LogP contribution in [0.3, 0.4) is 0 Å². The molecular weight excluding hydrogens is 511 g/mol. The number of amides is 1. The maximum atomic E-state index is 13.2. The number of hydrogen-bond donors (Lipinski definition) is 1. The minimum absolute atomic E-state index is 0.136. The van der Waals surface area contributed by atoms with Crippen LogP contribution in [0.15, 0.2) is 77.5 Å². The number of carbonyl (C=O) groups is 1. The van der Waals surface area contributed by atoms with Gasteiger partial charge < -0.3 is 9.87 Å². The predicted octanol–water partition coefficient (Wildman–Crippen LogP) is 4.95. The van der Waals surface area contributed by atoms with Gasteiger partial charge in [0.2, 0.25) is 0 Å². The standard InChI is InChI=1S/C23H18BrFN4O3S/c1-14(15-5-8-17(25)9-6-15)28-23(30)18-10-7-16(24)13-21(18)29(33(31)32)20-4-2-3-19-22(20)27-12-11-26-19/h2-14H,1H3,(H,28,30)(H,31,32)/p-1. The lowest BCUT2D eigenvalue weighted by molar-refractivity contribution is 0.0940. The summed E-state index contributed by atoms with van der Waals surface area (Å²) < 4.78 is 39.6. The first-order valence-corrected chi connectivity index (χ1v) is 11.6. The van der Waals surface area contributed by atoms with Gasteiger partial charge in [0.1, 0.15) is 11.3 Å². The molecule has 1 N–H and O–H groups in total. The van der Waals surface area contributed by atoms with Gasteiger partial charge in [0.05, 0.1) is 39.8 Å². The molecule has 0 bridgehead atoms. The molecule has 33 heavy (non-hydrogen) atoms. The molecule has 0 aliphatic rings. The predicted molar refractivity (Wildman–Crippen MR) is 127 cm³/mol. The van der Waals surface area contributed by atoms with Crippen molar-refractivity contribution in [3.05, 3.63) is 94.5 Å². The first-order valence-electron chi connectivity index (χ1n) is 9.80. The molecule has 0 aliphatic heterocycles. The average molecular weight is 528 g/mol. The van der Waals surface area contributed by atoms with E-state index in [1.54, 1.807) is 49.4 Å². The van der Waals surface area contributed by atoms with Crippen LogP contribution in [0.4, 0.5) is 15.8 Å². The number of aromatic nitrogens is 2. The number of halogens is 2. The van der Waals surface area contributed by atoms with Crippen LogP contribution in [0.5, 0.6) is 0 Å². The van der Waals surface area contributed by atoms with Crippen molar-refractivity contribution >= 4 is 55.5 Å². The van der Waals surface area contributed by atoms with E-state index in [1.165, 1.54) is 30.6 Å². The van der Waals surface area contributed by atoms with Gasteiger partial charge in [-0.1, -0.05) is 34.1 Å². The molecule has 0 saturated heterocycles. The van der Waals surface area contributed by atoms with E-state index in [0.29, 0.717) is 21.1 Å². The van der Waals surface area contributed by atoms with Crippen molar-refractivity contribution in [3.63, 3.8) is 0 Å². The smallest absolute Gasteiger partial charge is 0.253 e. The van der Waals surface area contributed by atoms with Crippen LogP contribution in [0.2, 0.25) is 0 Å². The summed E-state index contributed by atoms with van der Waals surface area (Å²) in [6.07, 6.45) is 2.98. The largest absolute Gasteiger partial charge is 0.755 e. The lowest BCUT2D eigenvalue weighted by Crippen LogP contribution is -2.29. The molecule has 0 radical (unpaired) electrons. The minimum atomic E-state index is -2.77. The third kappa shape index (κ3) is 4.92. The van der Waals surface area contributed by atoms with Gasteiger partial charge in [-0.25, -0.2) is 4.39 Å². The molecule has 10 heteroatoms. The first kappa shape index (κ1) is 23.0. The molecule has 4 rings (SSSR count). The molecule has 0 spiro atoms. The van der Waals surface area contributed by atoms with Gasteiger partial charge >= 0.3 is 0 Å². The fourth-order valence-electron chi connectivity index (χ4n) is 3.41. The molecule has 0 saturated carbocycles. The molecule has 2 atom stereocenters. The third-order valence-corrected chi connectivity index (χ3v) is 6.17. The molecule has 1 aromatic heterocycles. The van der Waals surface area contributed by atoms with Crippen molar-refractivity contribution in [1.29, 1.82) is 0 Å². The highest BCUT2D eigenvalue weighted by molar-refractivity contribution is 9.10. The topological polar surface area (TPSA) is 98.2 Å². The zero-order chi connectivity index (χ0) is 23.5. The zero-order valence-electron chi connectivity index (χ0n) is 17.2. The summed E-state index contributed by atoms with van der Waals surface area (Å²) in [6, 6.07) is 15.0. The van der Waals surface area contributed by atoms with Crippen LogP contribution >= 0.6 is 15.9 Å². The molecule has 3 aromatic carbocycles. The molecule has 1 heterocycles. The molecule has 0 fully saturated rings. The Balaban J connectivity index is 1.77. The molecular formula is C23H17BrFN4O3S-. The number of anilines is 2. The van der Waals surface area contributed by atoms with Crippen LogP contribution < -0.4 is 9.62 Å². The van der Waals surface area contributed by atoms with Crippen molar-refractivity contribution in [2.75, 3.05) is 4.31 Å². The van der Waals surface area contributed by atoms with Gasteiger partial charge in [0, 0.05) is 16.9 Å². The Morgan fingerprint density at radius 3 is 2.55 bits per heavy atom. The Hall–Kier alpha value is -3.21. The second kappa shape index (κ2) is 9.74. The third-order valence-electron chi connectivity index (χ3n) is 4.99. The van der Waals surface area contributed by atoms with E-state index in [-0.39, 0.29) is 22.8 Å². The maximum Gasteiger partial charge on any atom is 0.253 e. The molecule has 168 valence electrons. The fourth-order valence-corrected chi connectivity index (χ4v) is 4.37. The number of rotatable bonds is 6. The summed E-state index contributed by atoms with van der Waals surface area (Å²) in [5.41, 5.74) is 2.12. The minimum Gasteiger partial charge on any atom is -0.755 e. The lowest BCUT2D eigenvalue weighted by Gasteiger charge is -2.29. The monoisotopic (exact) mass is 527 g/mol. The summed E-state index contributed by atoms with van der Waals surface area (Å²) in [7, 11) is 0. The highest BCUT2D eigenvalue weighted by atomic mass is 79.9. The van der Waals surface area contributed by atoms with Gasteiger partial charge in [0.15, 0.2) is 0 Å². The number of benzene rings is 3. The molecule has 2 unspecified atom stereocenters. The summed E-state index contributed by atoms with van der Waals surface area (Å²) in [4.78, 5) is 21.7. The summed E-state index contributed by atoms with van der Waals surface area (Å²) in [5, 5.41) is 2.84. The summed E-state index contributed by atoms with van der Waals surface area (Å²) in [6.45, 7) is 1.76. The quantitative estimate of drug-likeness (QED) is 0.357. The molecule has 1 amide bonds. The molecule has 7 nitrogen and oxygen atoms in total. The summed E-state index contributed by atoms with van der Waals surface area (Å²) >= 11 is 0.582. The van der Waals surface area contributed by atoms with E-state index < -0.39 is 23.2 Å². The van der Waals surface area contributed by atoms with Crippen LogP contribution in [0.25, 0.3) is 11.0 Å². The Bertz CT molecular complexity index is 1350. The Labute approximate surface area is 200 Å². The Kier molecular flexibility index (Phi) is 6.77. The Morgan fingerprint density at radius 1 is 1.09 bits per heavy atom. The van der Waals surface area contributed by atoms with Crippen LogP contribution in [0.1, 0.15) is 28.9 Å². The SMILES string of the molecule is CC(NC(=O)c1ccc(Br)cc1N(c1cccc2nccnc12)S(=O)[O-])c1ccc(F)cc1. The van der Waals surface area contributed by atoms with Crippen molar-refractivity contribution in [1.82, 2.24) is 15.3 Å². The number of nitrogens with zero attached hydrogens (tertiary/aromatic N) is 3. The highest BCUT2D eigenvalue weighted by Gasteiger charge is 2.23. The van der Waals surface area contributed by atoms with Gasteiger partial charge in [-0.3, -0.25) is 23.3 Å². The van der Waals surface area contributed by atoms with Crippen molar-refractivity contribution in [3.8, 4) is 0 Å². The molecule has 4 aromatic rings. The van der Waals surface area contributed by atoms with E-state index in [0.717, 1.165) is 4.31 Å². The van der Waals surface area contributed by atoms with E-state index in [1.807, 2.05) is 0 Å². The van der Waals surface area contributed by atoms with E-state index >= 15 is 0 Å². The average Bonchev–Trinajstić information content (AvgIpc) is 2.79. The second-order valence-corrected chi connectivity index (χ2v) is 8.84.